The SMILES string of the molecule is CCCCOC(=O)N1CCN(C(=O)[C@H](CP(=O)(NCC(=O)OC(C)C)NCC(=O)OC(C)C)NC(=O)c2cc(N3CC[C@H](OC)C3)nc(-c3ccccc3)n2)CC1. The van der Waals surface area contributed by atoms with Crippen molar-refractivity contribution < 1.29 is 47.5 Å². The fourth-order valence-corrected chi connectivity index (χ4v) is 8.04. The van der Waals surface area contributed by atoms with Crippen LogP contribution in [-0.4, -0.2) is 146 Å². The normalized spacial score (nSPS) is 16.4. The smallest absolute Gasteiger partial charge is 0.409 e. The minimum Gasteiger partial charge on any atom is -0.462 e. The fourth-order valence-electron chi connectivity index (χ4n) is 6.14. The minimum absolute atomic E-state index is 0.0251. The van der Waals surface area contributed by atoms with Gasteiger partial charge in [0.25, 0.3) is 5.91 Å². The zero-order valence-corrected chi connectivity index (χ0v) is 34.6. The first-order valence-electron chi connectivity index (χ1n) is 19.4. The van der Waals surface area contributed by atoms with E-state index in [0.29, 0.717) is 24.5 Å². The molecular weight excluding hydrogens is 759 g/mol. The van der Waals surface area contributed by atoms with E-state index in [9.17, 15) is 28.5 Å². The average molecular weight is 817 g/mol. The Balaban J connectivity index is 1.66. The van der Waals surface area contributed by atoms with Crippen LogP contribution in [0.2, 0.25) is 0 Å². The Hall–Kier alpha value is -4.64. The van der Waals surface area contributed by atoms with Crippen molar-refractivity contribution in [2.24, 2.45) is 0 Å². The number of esters is 2. The second kappa shape index (κ2) is 21.8. The van der Waals surface area contributed by atoms with Crippen molar-refractivity contribution >= 4 is 43.1 Å². The molecule has 1 aromatic heterocycles. The summed E-state index contributed by atoms with van der Waals surface area (Å²) < 4.78 is 36.0. The molecule has 19 heteroatoms. The topological polar surface area (TPSA) is 211 Å². The summed E-state index contributed by atoms with van der Waals surface area (Å²) in [4.78, 5) is 80.8. The Bertz CT molecular complexity index is 1690. The Morgan fingerprint density at radius 1 is 0.877 bits per heavy atom. The molecule has 3 amide bonds. The van der Waals surface area contributed by atoms with E-state index in [1.165, 1.54) is 15.9 Å². The maximum Gasteiger partial charge on any atom is 0.409 e. The van der Waals surface area contributed by atoms with Crippen molar-refractivity contribution in [1.82, 2.24) is 35.3 Å². The molecule has 0 spiro atoms. The van der Waals surface area contributed by atoms with E-state index in [2.05, 4.69) is 20.5 Å². The first-order chi connectivity index (χ1) is 27.2. The Morgan fingerprint density at radius 2 is 1.49 bits per heavy atom. The number of methoxy groups -OCH3 is 1. The summed E-state index contributed by atoms with van der Waals surface area (Å²) in [5, 5.41) is 8.10. The predicted molar refractivity (Wildman–Crippen MR) is 212 cm³/mol. The summed E-state index contributed by atoms with van der Waals surface area (Å²) in [6.07, 6.45) is 0.368. The second-order valence-corrected chi connectivity index (χ2v) is 16.8. The molecule has 2 fully saturated rings. The van der Waals surface area contributed by atoms with Gasteiger partial charge < -0.3 is 39.0 Å². The van der Waals surface area contributed by atoms with Gasteiger partial charge >= 0.3 is 18.0 Å². The van der Waals surface area contributed by atoms with Gasteiger partial charge in [-0.05, 0) is 40.5 Å². The van der Waals surface area contributed by atoms with Crippen LogP contribution in [0, 0.1) is 0 Å². The lowest BCUT2D eigenvalue weighted by atomic mass is 10.2. The Morgan fingerprint density at radius 3 is 2.05 bits per heavy atom. The van der Waals surface area contributed by atoms with Crippen LogP contribution in [0.1, 0.15) is 64.4 Å². The van der Waals surface area contributed by atoms with Crippen LogP contribution < -0.4 is 20.4 Å². The zero-order chi connectivity index (χ0) is 41.5. The highest BCUT2D eigenvalue weighted by atomic mass is 31.2. The Labute approximate surface area is 334 Å². The van der Waals surface area contributed by atoms with Crippen molar-refractivity contribution in [3.63, 3.8) is 0 Å². The predicted octanol–water partition coefficient (Wildman–Crippen LogP) is 2.82. The summed E-state index contributed by atoms with van der Waals surface area (Å²) >= 11 is 0. The molecule has 2 aliphatic rings. The van der Waals surface area contributed by atoms with Crippen molar-refractivity contribution in [3.8, 4) is 11.4 Å². The highest BCUT2D eigenvalue weighted by Gasteiger charge is 2.37. The number of hydrogen-bond acceptors (Lipinski definition) is 13. The van der Waals surface area contributed by atoms with Crippen LogP contribution in [0.3, 0.4) is 0 Å². The molecule has 4 rings (SSSR count). The lowest BCUT2D eigenvalue weighted by Crippen LogP contribution is -2.57. The van der Waals surface area contributed by atoms with E-state index < -0.39 is 74.8 Å². The third-order valence-corrected chi connectivity index (χ3v) is 11.3. The number of hydrogen-bond donors (Lipinski definition) is 3. The molecule has 0 bridgehead atoms. The standard InChI is InChI=1S/C38H57N8O10P/c1-7-8-20-54-38(51)45-18-16-44(17-19-45)37(50)31(25-57(52,39-22-33(47)55-26(2)3)40-23-34(48)56-27(4)5)42-36(49)30-21-32(46-15-14-29(24-46)53-6)43-35(41-30)28-12-10-9-11-13-28/h9-13,21,26-27,29,31H,7-8,14-20,22-25H2,1-6H3,(H,42,49)(H2,39,40,52)/t29-,31-/m0/s1. The molecule has 2 aromatic rings. The molecule has 0 unspecified atom stereocenters. The zero-order valence-electron chi connectivity index (χ0n) is 33.7. The van der Waals surface area contributed by atoms with Gasteiger partial charge in [0.05, 0.1) is 31.1 Å². The number of anilines is 1. The van der Waals surface area contributed by atoms with Crippen molar-refractivity contribution in [1.29, 1.82) is 0 Å². The first-order valence-corrected chi connectivity index (χ1v) is 21.3. The molecule has 2 aliphatic heterocycles. The third kappa shape index (κ3) is 14.1. The number of nitrogens with one attached hydrogen (secondary N) is 3. The number of aromatic nitrogens is 2. The molecule has 0 saturated carbocycles. The van der Waals surface area contributed by atoms with Gasteiger partial charge in [-0.1, -0.05) is 43.7 Å². The molecule has 2 atom stereocenters. The number of carbonyl (C=O) groups excluding carboxylic acids is 5. The van der Waals surface area contributed by atoms with Crippen LogP contribution in [0.4, 0.5) is 10.6 Å². The molecule has 57 heavy (non-hydrogen) atoms. The summed E-state index contributed by atoms with van der Waals surface area (Å²) in [6.45, 7) is 9.58. The van der Waals surface area contributed by atoms with Gasteiger partial charge in [-0.3, -0.25) is 23.7 Å². The quantitative estimate of drug-likeness (QED) is 0.0806. The van der Waals surface area contributed by atoms with Crippen LogP contribution in [0.25, 0.3) is 11.4 Å². The van der Waals surface area contributed by atoms with Crippen LogP contribution >= 0.6 is 7.44 Å². The van der Waals surface area contributed by atoms with Gasteiger partial charge in [0, 0.05) is 58.0 Å². The van der Waals surface area contributed by atoms with E-state index in [1.807, 2.05) is 42.2 Å². The number of carbonyl (C=O) groups is 5. The molecule has 0 aliphatic carbocycles. The third-order valence-electron chi connectivity index (χ3n) is 9.09. The highest BCUT2D eigenvalue weighted by Crippen LogP contribution is 2.37. The number of ether oxygens (including phenoxy) is 4. The van der Waals surface area contributed by atoms with Crippen LogP contribution in [0.15, 0.2) is 36.4 Å². The van der Waals surface area contributed by atoms with E-state index in [-0.39, 0.29) is 50.4 Å². The van der Waals surface area contributed by atoms with Gasteiger partial charge in [-0.25, -0.2) is 24.9 Å². The molecule has 18 nitrogen and oxygen atoms in total. The van der Waals surface area contributed by atoms with E-state index in [0.717, 1.165) is 19.3 Å². The molecule has 0 radical (unpaired) electrons. The molecule has 3 heterocycles. The van der Waals surface area contributed by atoms with Crippen molar-refractivity contribution in [3.05, 3.63) is 42.1 Å². The average Bonchev–Trinajstić information content (AvgIpc) is 3.68. The molecule has 3 N–H and O–H groups in total. The summed E-state index contributed by atoms with van der Waals surface area (Å²) in [5.41, 5.74) is 0.614. The number of nitrogens with zero attached hydrogens (tertiary/aromatic N) is 5. The van der Waals surface area contributed by atoms with E-state index >= 15 is 0 Å². The van der Waals surface area contributed by atoms with E-state index in [1.54, 1.807) is 34.8 Å². The lowest BCUT2D eigenvalue weighted by molar-refractivity contribution is -0.146. The van der Waals surface area contributed by atoms with Gasteiger partial charge in [-0.2, -0.15) is 0 Å². The van der Waals surface area contributed by atoms with Gasteiger partial charge in [0.1, 0.15) is 30.6 Å². The molecule has 1 aromatic carbocycles. The maximum absolute atomic E-state index is 14.6. The molecular formula is C38H57N8O10P. The summed E-state index contributed by atoms with van der Waals surface area (Å²) in [7, 11) is -2.42. The van der Waals surface area contributed by atoms with Crippen LogP contribution in [-0.2, 0) is 37.9 Å². The monoisotopic (exact) mass is 816 g/mol. The number of piperazine rings is 1. The largest absolute Gasteiger partial charge is 0.462 e. The number of unbranched alkanes of at least 4 members (excludes halogenated alkanes) is 1. The number of benzene rings is 1. The van der Waals surface area contributed by atoms with Gasteiger partial charge in [0.15, 0.2) is 5.82 Å². The Kier molecular flexibility index (Phi) is 17.2. The van der Waals surface area contributed by atoms with E-state index in [4.69, 9.17) is 23.9 Å². The fraction of sp³-hybridized carbons (Fsp3) is 0.605. The van der Waals surface area contributed by atoms with Crippen molar-refractivity contribution in [2.75, 3.05) is 77.1 Å². The van der Waals surface area contributed by atoms with Crippen LogP contribution in [0.5, 0.6) is 0 Å². The highest BCUT2D eigenvalue weighted by molar-refractivity contribution is 7.60. The number of amides is 3. The molecule has 314 valence electrons. The van der Waals surface area contributed by atoms with Gasteiger partial charge in [-0.15, -0.1) is 0 Å². The minimum atomic E-state index is -4.06. The number of rotatable bonds is 19. The lowest BCUT2D eigenvalue weighted by Gasteiger charge is -2.36. The molecule has 2 saturated heterocycles. The van der Waals surface area contributed by atoms with Crippen molar-refractivity contribution in [2.45, 2.75) is 78.2 Å². The first kappa shape index (κ1) is 45.1. The van der Waals surface area contributed by atoms with Gasteiger partial charge in [0.2, 0.25) is 13.4 Å². The summed E-state index contributed by atoms with van der Waals surface area (Å²) in [5.74, 6) is -2.01. The summed E-state index contributed by atoms with van der Waals surface area (Å²) in [6, 6.07) is 9.20. The maximum atomic E-state index is 14.6. The second-order valence-electron chi connectivity index (χ2n) is 14.4.